The zero-order valence-corrected chi connectivity index (χ0v) is 27.5. The first kappa shape index (κ1) is 38.7. The molecule has 1 aromatic heterocycles. The summed E-state index contributed by atoms with van der Waals surface area (Å²) in [5.74, 6) is -4.20. The van der Waals surface area contributed by atoms with E-state index < -0.39 is 112 Å². The average Bonchev–Trinajstić information content (AvgIpc) is 3.06. The molecule has 3 heterocycles. The van der Waals surface area contributed by atoms with Gasteiger partial charge in [0.05, 0.1) is 22.7 Å². The summed E-state index contributed by atoms with van der Waals surface area (Å²) in [6.45, 7) is -1.03. The minimum absolute atomic E-state index is 0.0353. The summed E-state index contributed by atoms with van der Waals surface area (Å²) >= 11 is 0. The highest BCUT2D eigenvalue weighted by Crippen LogP contribution is 2.47. The molecule has 2 atom stereocenters. The van der Waals surface area contributed by atoms with Gasteiger partial charge in [0.15, 0.2) is 0 Å². The van der Waals surface area contributed by atoms with Crippen LogP contribution in [0.4, 0.5) is 48.3 Å². The van der Waals surface area contributed by atoms with Crippen LogP contribution in [0.3, 0.4) is 0 Å². The number of nitrogens with zero attached hydrogens (tertiary/aromatic N) is 2. The first-order valence-electron chi connectivity index (χ1n) is 16.2. The summed E-state index contributed by atoms with van der Waals surface area (Å²) in [7, 11) is 0. The summed E-state index contributed by atoms with van der Waals surface area (Å²) in [5, 5.41) is 12.1. The van der Waals surface area contributed by atoms with Crippen LogP contribution in [-0.2, 0) is 29.7 Å². The van der Waals surface area contributed by atoms with Crippen LogP contribution >= 0.6 is 0 Å². The lowest BCUT2D eigenvalue weighted by Crippen LogP contribution is -2.49. The Morgan fingerprint density at radius 1 is 0.833 bits per heavy atom. The number of carbonyl (C=O) groups excluding carboxylic acids is 1. The van der Waals surface area contributed by atoms with Crippen molar-refractivity contribution in [3.63, 3.8) is 0 Å². The van der Waals surface area contributed by atoms with Gasteiger partial charge in [-0.15, -0.1) is 0 Å². The number of alkyl halides is 10. The van der Waals surface area contributed by atoms with Crippen molar-refractivity contribution in [3.8, 4) is 22.6 Å². The molecule has 2 aliphatic heterocycles. The van der Waals surface area contributed by atoms with Crippen molar-refractivity contribution in [3.05, 3.63) is 116 Å². The maximum absolute atomic E-state index is 15.9. The number of fused-ring (bicyclic) bond motifs is 6. The fourth-order valence-corrected chi connectivity index (χ4v) is 6.62. The quantitative estimate of drug-likeness (QED) is 0.195. The number of amides is 1. The molecule has 1 amide bonds. The van der Waals surface area contributed by atoms with Crippen LogP contribution in [0.2, 0.25) is 0 Å². The van der Waals surface area contributed by atoms with E-state index in [0.29, 0.717) is 16.7 Å². The highest BCUT2D eigenvalue weighted by molar-refractivity contribution is 5.85. The Balaban J connectivity index is 1.60. The number of hydrogen-bond donors (Lipinski definition) is 2. The third kappa shape index (κ3) is 7.80. The van der Waals surface area contributed by atoms with Crippen molar-refractivity contribution in [2.24, 2.45) is 0 Å². The zero-order valence-electron chi connectivity index (χ0n) is 27.5. The van der Waals surface area contributed by atoms with Gasteiger partial charge in [0.2, 0.25) is 5.91 Å². The minimum atomic E-state index is -5.48. The lowest BCUT2D eigenvalue weighted by molar-refractivity contribution is -0.140. The maximum Gasteiger partial charge on any atom is 0.419 e. The molecule has 0 aliphatic carbocycles. The number of carbonyl (C=O) groups is 1. The van der Waals surface area contributed by atoms with Crippen molar-refractivity contribution in [2.75, 3.05) is 26.2 Å². The first-order chi connectivity index (χ1) is 25.3. The molecular formula is C36H28F11N3O4. The third-order valence-electron chi connectivity index (χ3n) is 9.14. The van der Waals surface area contributed by atoms with Crippen LogP contribution < -0.4 is 15.6 Å². The molecule has 1 fully saturated rings. The molecule has 3 aromatic carbocycles. The van der Waals surface area contributed by atoms with E-state index in [1.165, 1.54) is 23.1 Å². The second-order valence-corrected chi connectivity index (χ2v) is 12.8. The predicted octanol–water partition coefficient (Wildman–Crippen LogP) is 7.84. The number of hydrogen-bond acceptors (Lipinski definition) is 5. The molecule has 54 heavy (non-hydrogen) atoms. The van der Waals surface area contributed by atoms with E-state index in [-0.39, 0.29) is 49.5 Å². The summed E-state index contributed by atoms with van der Waals surface area (Å²) in [4.78, 5) is 29.2. The highest BCUT2D eigenvalue weighted by atomic mass is 19.4. The third-order valence-corrected chi connectivity index (χ3v) is 9.14. The van der Waals surface area contributed by atoms with Crippen LogP contribution in [0, 0.1) is 5.82 Å². The SMILES string of the molecule is O=C1N[C@@H](CCO)c2cc(cc(C(F)(F)F)c2F)-c2c(cccc2C(F)(F)F)Oc2cccc(c2)[C@H]1n1cc(CCN2CC(F)C2)c(C(F)(F)F)cc1=O. The normalized spacial score (nSPS) is 18.4. The molecule has 0 saturated carbocycles. The monoisotopic (exact) mass is 775 g/mol. The number of likely N-dealkylation sites (tertiary alicyclic amines) is 1. The number of aromatic nitrogens is 1. The van der Waals surface area contributed by atoms with E-state index in [0.717, 1.165) is 24.4 Å². The Labute approximate surface area is 298 Å². The van der Waals surface area contributed by atoms with Gasteiger partial charge < -0.3 is 15.2 Å². The minimum Gasteiger partial charge on any atom is -0.457 e. The van der Waals surface area contributed by atoms with Gasteiger partial charge in [0, 0.05) is 49.6 Å². The Morgan fingerprint density at radius 2 is 1.50 bits per heavy atom. The highest BCUT2D eigenvalue weighted by Gasteiger charge is 2.41. The van der Waals surface area contributed by atoms with Crippen molar-refractivity contribution in [1.29, 1.82) is 0 Å². The Kier molecular flexibility index (Phi) is 10.3. The largest absolute Gasteiger partial charge is 0.457 e. The maximum atomic E-state index is 15.9. The number of aliphatic hydroxyl groups is 1. The Bertz CT molecular complexity index is 2120. The van der Waals surface area contributed by atoms with Crippen LogP contribution in [-0.4, -0.2) is 52.9 Å². The van der Waals surface area contributed by atoms with Gasteiger partial charge in [0.1, 0.15) is 29.5 Å². The molecular weight excluding hydrogens is 747 g/mol. The van der Waals surface area contributed by atoms with Gasteiger partial charge in [-0.05, 0) is 65.9 Å². The van der Waals surface area contributed by atoms with E-state index in [9.17, 15) is 58.6 Å². The standard InChI is InChI=1S/C36H28F11N3O4/c37-21-16-49(17-21)9-7-19-15-50(29(52)14-25(19)35(42,43)44)32-18-3-1-4-22(11-18)54-28-6-2-5-24(34(39,40)41)30(28)20-12-23(27(8-10-51)48-33(32)53)31(38)26(13-20)36(45,46)47/h1-6,11-15,21,27,32,51H,7-10,16-17H2,(H,48,53)/t27-,32+/m0/s1. The number of aliphatic hydroxyl groups excluding tert-OH is 1. The fraction of sp³-hybridized carbons (Fsp3) is 0.333. The summed E-state index contributed by atoms with van der Waals surface area (Å²) < 4.78 is 164. The van der Waals surface area contributed by atoms with Gasteiger partial charge >= 0.3 is 18.5 Å². The topological polar surface area (TPSA) is 83.8 Å². The molecule has 288 valence electrons. The lowest BCUT2D eigenvalue weighted by Gasteiger charge is -2.34. The molecule has 0 radical (unpaired) electrons. The Morgan fingerprint density at radius 3 is 2.13 bits per heavy atom. The van der Waals surface area contributed by atoms with Crippen LogP contribution in [0.15, 0.2) is 71.7 Å². The summed E-state index contributed by atoms with van der Waals surface area (Å²) in [6.07, 6.45) is -17.2. The molecule has 7 nitrogen and oxygen atoms in total. The number of ether oxygens (including phenoxy) is 1. The van der Waals surface area contributed by atoms with Crippen LogP contribution in [0.5, 0.6) is 11.5 Å². The first-order valence-corrected chi connectivity index (χ1v) is 16.2. The molecule has 0 unspecified atom stereocenters. The van der Waals surface area contributed by atoms with E-state index >= 15 is 4.39 Å². The van der Waals surface area contributed by atoms with Crippen LogP contribution in [0.25, 0.3) is 11.1 Å². The van der Waals surface area contributed by atoms with Crippen molar-refractivity contribution in [2.45, 2.75) is 49.6 Å². The van der Waals surface area contributed by atoms with Crippen molar-refractivity contribution in [1.82, 2.24) is 14.8 Å². The van der Waals surface area contributed by atoms with Gasteiger partial charge in [-0.25, -0.2) is 8.78 Å². The zero-order chi connectivity index (χ0) is 39.3. The molecule has 6 rings (SSSR count). The number of nitrogens with one attached hydrogen (secondary N) is 1. The molecule has 4 bridgehead atoms. The van der Waals surface area contributed by atoms with Crippen LogP contribution in [0.1, 0.15) is 51.9 Å². The van der Waals surface area contributed by atoms with Crippen molar-refractivity contribution >= 4 is 5.91 Å². The van der Waals surface area contributed by atoms with E-state index in [4.69, 9.17) is 4.74 Å². The summed E-state index contributed by atoms with van der Waals surface area (Å²) in [6, 6.07) is 4.51. The lowest BCUT2D eigenvalue weighted by atomic mass is 9.91. The van der Waals surface area contributed by atoms with E-state index in [1.54, 1.807) is 0 Å². The van der Waals surface area contributed by atoms with Crippen molar-refractivity contribution < 1.29 is 62.9 Å². The molecule has 18 heteroatoms. The second-order valence-electron chi connectivity index (χ2n) is 12.8. The molecule has 2 aliphatic rings. The summed E-state index contributed by atoms with van der Waals surface area (Å²) in [5.41, 5.74) is -9.53. The predicted molar refractivity (Wildman–Crippen MR) is 170 cm³/mol. The number of benzene rings is 3. The molecule has 4 aromatic rings. The Hall–Kier alpha value is -4.97. The molecule has 1 saturated heterocycles. The average molecular weight is 776 g/mol. The van der Waals surface area contributed by atoms with Gasteiger partial charge in [-0.1, -0.05) is 18.2 Å². The van der Waals surface area contributed by atoms with E-state index in [1.807, 2.05) is 0 Å². The van der Waals surface area contributed by atoms with E-state index in [2.05, 4.69) is 5.32 Å². The van der Waals surface area contributed by atoms with Gasteiger partial charge in [0.25, 0.3) is 5.56 Å². The smallest absolute Gasteiger partial charge is 0.419 e. The number of pyridine rings is 1. The van der Waals surface area contributed by atoms with Gasteiger partial charge in [-0.2, -0.15) is 39.5 Å². The number of halogens is 11. The number of rotatable bonds is 6. The second kappa shape index (κ2) is 14.4. The molecule has 0 spiro atoms. The molecule has 2 N–H and O–H groups in total. The van der Waals surface area contributed by atoms with Gasteiger partial charge in [-0.3, -0.25) is 19.1 Å². The fourth-order valence-electron chi connectivity index (χ4n) is 6.62.